The van der Waals surface area contributed by atoms with Gasteiger partial charge in [0.15, 0.2) is 0 Å². The van der Waals surface area contributed by atoms with Crippen LogP contribution < -0.4 is 10.6 Å². The maximum absolute atomic E-state index is 13.6. The van der Waals surface area contributed by atoms with Crippen molar-refractivity contribution in [2.24, 2.45) is 0 Å². The zero-order valence-electron chi connectivity index (χ0n) is 24.9. The highest BCUT2D eigenvalue weighted by Crippen LogP contribution is 2.33. The first-order valence-corrected chi connectivity index (χ1v) is 14.3. The normalized spacial score (nSPS) is 22.8. The second-order valence-electron chi connectivity index (χ2n) is 13.2. The first-order valence-electron chi connectivity index (χ1n) is 14.3. The number of hydrogen-bond acceptors (Lipinski definition) is 6. The van der Waals surface area contributed by atoms with Gasteiger partial charge in [-0.1, -0.05) is 64.7 Å². The molecule has 2 rings (SSSR count). The minimum Gasteiger partial charge on any atom is -0.290 e. The van der Waals surface area contributed by atoms with Gasteiger partial charge >= 0.3 is 0 Å². The van der Waals surface area contributed by atoms with Crippen molar-refractivity contribution in [3.05, 3.63) is 0 Å². The monoisotopic (exact) mass is 520 g/mol. The van der Waals surface area contributed by atoms with Crippen LogP contribution in [0, 0.1) is 0 Å². The molecule has 0 aromatic carbocycles. The van der Waals surface area contributed by atoms with Crippen molar-refractivity contribution < 1.29 is 19.2 Å². The van der Waals surface area contributed by atoms with Gasteiger partial charge in [-0.05, 0) is 68.2 Å². The fourth-order valence-electron chi connectivity index (χ4n) is 5.89. The van der Waals surface area contributed by atoms with E-state index < -0.39 is 52.0 Å². The van der Waals surface area contributed by atoms with E-state index in [9.17, 15) is 19.2 Å². The molecule has 8 nitrogen and oxygen atoms in total. The van der Waals surface area contributed by atoms with Gasteiger partial charge < -0.3 is 0 Å². The van der Waals surface area contributed by atoms with Gasteiger partial charge in [0.1, 0.15) is 6.17 Å². The first-order chi connectivity index (χ1) is 17.0. The molecule has 0 aromatic rings. The Morgan fingerprint density at radius 2 is 0.784 bits per heavy atom. The Bertz CT molecular complexity index is 752. The quantitative estimate of drug-likeness (QED) is 0.271. The van der Waals surface area contributed by atoms with Gasteiger partial charge in [-0.2, -0.15) is 0 Å². The molecule has 0 spiro atoms. The third-order valence-corrected chi connectivity index (χ3v) is 7.68. The predicted octanol–water partition coefficient (Wildman–Crippen LogP) is 4.65. The average Bonchev–Trinajstić information content (AvgIpc) is 2.76. The molecule has 2 saturated heterocycles. The molecule has 4 amide bonds. The number of piperazine rings is 2. The zero-order valence-corrected chi connectivity index (χ0v) is 24.9. The van der Waals surface area contributed by atoms with Crippen molar-refractivity contribution in [1.82, 2.24) is 20.4 Å². The van der Waals surface area contributed by atoms with E-state index in [-0.39, 0.29) is 0 Å². The fourth-order valence-corrected chi connectivity index (χ4v) is 5.89. The lowest BCUT2D eigenvalue weighted by molar-refractivity contribution is -0.178. The smallest absolute Gasteiger partial charge is 0.250 e. The molecule has 2 fully saturated rings. The van der Waals surface area contributed by atoms with Crippen LogP contribution in [0.5, 0.6) is 0 Å². The summed E-state index contributed by atoms with van der Waals surface area (Å²) in [5.74, 6) is -1.65. The molecule has 0 radical (unpaired) electrons. The van der Waals surface area contributed by atoms with Gasteiger partial charge in [0.05, 0.1) is 22.2 Å². The van der Waals surface area contributed by atoms with Crippen molar-refractivity contribution in [2.75, 3.05) is 0 Å². The van der Waals surface area contributed by atoms with E-state index in [0.717, 1.165) is 25.7 Å². The summed E-state index contributed by atoms with van der Waals surface area (Å²) in [6.07, 6.45) is 10.9. The maximum Gasteiger partial charge on any atom is 0.250 e. The number of nitrogens with zero attached hydrogens (tertiary/aromatic N) is 2. The lowest BCUT2D eigenvalue weighted by atomic mass is 9.86. The summed E-state index contributed by atoms with van der Waals surface area (Å²) in [5.41, 5.74) is -4.06. The summed E-state index contributed by atoms with van der Waals surface area (Å²) < 4.78 is 0. The van der Waals surface area contributed by atoms with E-state index in [4.69, 9.17) is 0 Å². The summed E-state index contributed by atoms with van der Waals surface area (Å²) in [4.78, 5) is 56.9. The summed E-state index contributed by atoms with van der Waals surface area (Å²) in [6.45, 7) is 16.1. The Morgan fingerprint density at radius 3 is 1.08 bits per heavy atom. The van der Waals surface area contributed by atoms with Gasteiger partial charge in [-0.3, -0.25) is 39.6 Å². The van der Waals surface area contributed by atoms with Crippen molar-refractivity contribution in [3.63, 3.8) is 0 Å². The lowest BCUT2D eigenvalue weighted by Crippen LogP contribution is -2.79. The van der Waals surface area contributed by atoms with Crippen LogP contribution in [-0.2, 0) is 19.2 Å². The molecule has 0 unspecified atom stereocenters. The van der Waals surface area contributed by atoms with Crippen molar-refractivity contribution in [3.8, 4) is 0 Å². The average molecular weight is 521 g/mol. The van der Waals surface area contributed by atoms with Gasteiger partial charge in [-0.15, -0.1) is 0 Å². The first kappa shape index (κ1) is 31.4. The molecular weight excluding hydrogens is 468 g/mol. The van der Waals surface area contributed by atoms with E-state index >= 15 is 0 Å². The Hall–Kier alpha value is -1.80. The van der Waals surface area contributed by atoms with Gasteiger partial charge in [-0.25, -0.2) is 0 Å². The van der Waals surface area contributed by atoms with Crippen molar-refractivity contribution in [1.29, 1.82) is 0 Å². The predicted molar refractivity (Wildman–Crippen MR) is 147 cm³/mol. The minimum absolute atomic E-state index is 0.379. The molecule has 0 bridgehead atoms. The summed E-state index contributed by atoms with van der Waals surface area (Å²) in [6, 6.07) is 0. The van der Waals surface area contributed by atoms with Crippen LogP contribution in [0.1, 0.15) is 133 Å². The van der Waals surface area contributed by atoms with Crippen LogP contribution in [-0.4, -0.2) is 61.8 Å². The number of hydrogen-bond donors (Lipinski definition) is 2. The molecule has 212 valence electrons. The minimum atomic E-state index is -1.02. The van der Waals surface area contributed by atoms with Crippen LogP contribution in [0.3, 0.4) is 0 Å². The van der Waals surface area contributed by atoms with Gasteiger partial charge in [0.2, 0.25) is 0 Å². The number of carbonyl (C=O) groups excluding carboxylic acids is 4. The highest BCUT2D eigenvalue weighted by Gasteiger charge is 2.57. The fraction of sp³-hybridized carbons (Fsp3) is 0.862. The van der Waals surface area contributed by atoms with Crippen LogP contribution >= 0.6 is 0 Å². The molecule has 0 aromatic heterocycles. The maximum atomic E-state index is 13.6. The number of imide groups is 2. The second-order valence-corrected chi connectivity index (χ2v) is 13.2. The van der Waals surface area contributed by atoms with E-state index in [0.29, 0.717) is 6.42 Å². The molecule has 8 heteroatoms. The Morgan fingerprint density at radius 1 is 0.514 bits per heavy atom. The molecule has 2 N–H and O–H groups in total. The third-order valence-electron chi connectivity index (χ3n) is 7.68. The SMILES string of the molecule is CCCCCCCCCCCCC(N1C(=O)C(C)(C)NC(C)(C)C1=O)N1C(=O)C(C)(C)NC(C)(C)C1=O. The van der Waals surface area contributed by atoms with Gasteiger partial charge in [0, 0.05) is 0 Å². The van der Waals surface area contributed by atoms with Crippen LogP contribution in [0.25, 0.3) is 0 Å². The Labute approximate surface area is 224 Å². The van der Waals surface area contributed by atoms with Crippen LogP contribution in [0.2, 0.25) is 0 Å². The van der Waals surface area contributed by atoms with E-state index in [1.165, 1.54) is 48.3 Å². The Balaban J connectivity index is 2.26. The number of amides is 4. The molecule has 2 aliphatic rings. The molecule has 37 heavy (non-hydrogen) atoms. The highest BCUT2D eigenvalue weighted by atomic mass is 16.2. The zero-order chi connectivity index (χ0) is 28.2. The number of unbranched alkanes of at least 4 members (excludes halogenated alkanes) is 9. The number of carbonyl (C=O) groups is 4. The molecule has 0 atom stereocenters. The number of nitrogens with one attached hydrogen (secondary N) is 2. The molecule has 0 saturated carbocycles. The standard InChI is InChI=1S/C29H52N4O4/c1-10-11-12-13-14-15-16-17-18-19-20-21(32-22(34)26(2,3)30-27(4,5)23(32)35)33-24(36)28(6,7)31-29(8,9)25(33)37/h21,30-31H,10-20H2,1-9H3. The van der Waals surface area contributed by atoms with Crippen LogP contribution in [0.4, 0.5) is 0 Å². The van der Waals surface area contributed by atoms with Crippen molar-refractivity contribution in [2.45, 2.75) is 161 Å². The van der Waals surface area contributed by atoms with Crippen LogP contribution in [0.15, 0.2) is 0 Å². The number of rotatable bonds is 13. The third kappa shape index (κ3) is 7.20. The summed E-state index contributed by atoms with van der Waals surface area (Å²) in [5, 5.41) is 6.28. The van der Waals surface area contributed by atoms with E-state index in [1.54, 1.807) is 55.4 Å². The van der Waals surface area contributed by atoms with Gasteiger partial charge in [0.25, 0.3) is 23.6 Å². The largest absolute Gasteiger partial charge is 0.290 e. The van der Waals surface area contributed by atoms with E-state index in [1.807, 2.05) is 0 Å². The van der Waals surface area contributed by atoms with Crippen molar-refractivity contribution >= 4 is 23.6 Å². The summed E-state index contributed by atoms with van der Waals surface area (Å²) in [7, 11) is 0. The lowest BCUT2D eigenvalue weighted by Gasteiger charge is -2.53. The molecule has 2 heterocycles. The molecular formula is C29H52N4O4. The topological polar surface area (TPSA) is 98.8 Å². The second kappa shape index (κ2) is 11.9. The highest BCUT2D eigenvalue weighted by molar-refractivity contribution is 6.10. The van der Waals surface area contributed by atoms with E-state index in [2.05, 4.69) is 17.6 Å². The molecule has 0 aliphatic carbocycles. The molecule has 2 aliphatic heterocycles. The summed E-state index contributed by atoms with van der Waals surface area (Å²) >= 11 is 0. The Kier molecular flexibility index (Phi) is 10.1.